The van der Waals surface area contributed by atoms with Gasteiger partial charge in [-0.25, -0.2) is 0 Å². The fourth-order valence-corrected chi connectivity index (χ4v) is 16.4. The van der Waals surface area contributed by atoms with Crippen molar-refractivity contribution >= 4 is 61.3 Å². The first-order valence-electron chi connectivity index (χ1n) is 31.6. The third-order valence-corrected chi connectivity index (χ3v) is 21.4. The molecule has 0 fully saturated rings. The van der Waals surface area contributed by atoms with E-state index in [4.69, 9.17) is 0 Å². The summed E-state index contributed by atoms with van der Waals surface area (Å²) in [5.41, 5.74) is 4.86. The van der Waals surface area contributed by atoms with Gasteiger partial charge in [-0.05, 0) is 0 Å². The van der Waals surface area contributed by atoms with E-state index in [9.17, 15) is 0 Å². The van der Waals surface area contributed by atoms with E-state index in [1.165, 1.54) is 271 Å². The molecule has 0 aliphatic carbocycles. The van der Waals surface area contributed by atoms with Crippen LogP contribution in [0.25, 0.3) is 52.3 Å². The van der Waals surface area contributed by atoms with E-state index in [-0.39, 0.29) is 39.9 Å². The van der Waals surface area contributed by atoms with Crippen LogP contribution in [0, 0.1) is 25.7 Å². The topological polar surface area (TPSA) is 34.1 Å². The zero-order valence-electron chi connectivity index (χ0n) is 48.3. The molecule has 0 spiro atoms. The molecule has 0 saturated carbocycles. The minimum atomic E-state index is 0.174. The summed E-state index contributed by atoms with van der Waals surface area (Å²) in [7, 11) is 0. The van der Waals surface area contributed by atoms with Gasteiger partial charge in [-0.2, -0.15) is 0 Å². The monoisotopic (exact) mass is 1140 g/mol. The molecule has 0 amide bonds. The SMILES string of the molecule is CCCCCCCCCCCCC(CCCCCCCC)Cc1cc2c3cc(-c4ccc(C)[se]4)c(=O)c3c(CC(CCCCCCCC)CCCCCCCCCCCC)cc2c2cc(-c3ccc(C)[se]3)c(=O)c12. The first-order valence-corrected chi connectivity index (χ1v) is 35.0. The number of hydrogen-bond donors (Lipinski definition) is 0. The zero-order chi connectivity index (χ0) is 52.3. The van der Waals surface area contributed by atoms with Crippen molar-refractivity contribution in [2.75, 3.05) is 0 Å². The molecular weight excluding hydrogens is 1030 g/mol. The van der Waals surface area contributed by atoms with Crippen LogP contribution in [0.15, 0.2) is 58.1 Å². The van der Waals surface area contributed by atoms with E-state index in [0.717, 1.165) is 45.5 Å². The van der Waals surface area contributed by atoms with Crippen LogP contribution in [0.5, 0.6) is 0 Å². The third-order valence-electron chi connectivity index (χ3n) is 17.1. The van der Waals surface area contributed by atoms with E-state index in [0.29, 0.717) is 11.8 Å². The summed E-state index contributed by atoms with van der Waals surface area (Å²) in [6.45, 7) is 13.7. The standard InChI is InChI=1S/C70H104O2Se2/c1-7-11-15-19-23-25-27-29-33-37-41-55(39-35-31-21-17-13-9-3)47-57-49-59-60(61-51-63(69(71)67(57)61)65-45-43-53(5)73-65)50-58(68-62(59)52-64(70(68)72)66-46-44-54(6)74-66)48-56(40-36-32-22-18-14-10-4)42-38-34-30-28-26-24-20-16-12-8-2/h43-46,49-52,55-56H,7-42,47-48H2,1-6H3. The predicted molar refractivity (Wildman–Crippen MR) is 331 cm³/mol. The summed E-state index contributed by atoms with van der Waals surface area (Å²) in [6, 6.07) is 18.5. The number of hydrogen-bond acceptors (Lipinski definition) is 2. The summed E-state index contributed by atoms with van der Waals surface area (Å²) in [5.74, 6) is 1.11. The van der Waals surface area contributed by atoms with Crippen molar-refractivity contribution in [3.63, 3.8) is 0 Å². The molecule has 2 heterocycles. The normalized spacial score (nSPS) is 12.9. The molecule has 74 heavy (non-hydrogen) atoms. The summed E-state index contributed by atoms with van der Waals surface area (Å²) in [5, 5.41) is 6.69. The van der Waals surface area contributed by atoms with E-state index in [2.05, 4.69) is 90.1 Å². The first-order chi connectivity index (χ1) is 36.3. The van der Waals surface area contributed by atoms with Crippen LogP contribution in [0.4, 0.5) is 0 Å². The van der Waals surface area contributed by atoms with Crippen LogP contribution < -0.4 is 10.9 Å². The average molecular weight is 1140 g/mol. The molecule has 0 aliphatic heterocycles. The molecule has 2 unspecified atom stereocenters. The number of unbranched alkanes of at least 4 members (excludes halogenated alkanes) is 28. The van der Waals surface area contributed by atoms with Gasteiger partial charge in [0.2, 0.25) is 0 Å². The number of aryl methyl sites for hydroxylation is 2. The third kappa shape index (κ3) is 18.9. The zero-order valence-corrected chi connectivity index (χ0v) is 51.7. The summed E-state index contributed by atoms with van der Waals surface area (Å²) < 4.78 is 5.24. The minimum absolute atomic E-state index is 0.174. The molecule has 0 bridgehead atoms. The van der Waals surface area contributed by atoms with Crippen LogP contribution in [-0.2, 0) is 12.8 Å². The van der Waals surface area contributed by atoms with Crippen molar-refractivity contribution < 1.29 is 0 Å². The fraction of sp³-hybridized carbons (Fsp3) is 0.657. The number of rotatable bonds is 42. The van der Waals surface area contributed by atoms with Crippen LogP contribution in [-0.4, -0.2) is 29.0 Å². The maximum atomic E-state index is 15.2. The van der Waals surface area contributed by atoms with Gasteiger partial charge in [0, 0.05) is 0 Å². The molecule has 4 aromatic carbocycles. The molecule has 2 atom stereocenters. The second kappa shape index (κ2) is 34.4. The first kappa shape index (κ1) is 60.7. The molecule has 2 aromatic heterocycles. The van der Waals surface area contributed by atoms with Crippen molar-refractivity contribution in [2.24, 2.45) is 11.8 Å². The van der Waals surface area contributed by atoms with Crippen molar-refractivity contribution in [1.29, 1.82) is 0 Å². The summed E-state index contributed by atoms with van der Waals surface area (Å²) in [6.07, 6.45) is 49.9. The van der Waals surface area contributed by atoms with E-state index < -0.39 is 0 Å². The van der Waals surface area contributed by atoms with E-state index >= 15 is 9.59 Å². The molecule has 0 N–H and O–H groups in total. The molecule has 408 valence electrons. The molecule has 6 aromatic rings. The maximum absolute atomic E-state index is 15.2. The van der Waals surface area contributed by atoms with E-state index in [1.807, 2.05) is 0 Å². The van der Waals surface area contributed by atoms with Crippen molar-refractivity contribution in [2.45, 2.75) is 286 Å². The Balaban J connectivity index is 1.38. The van der Waals surface area contributed by atoms with Gasteiger partial charge in [0.1, 0.15) is 0 Å². The molecule has 0 aliphatic rings. The molecular formula is C70H104O2Se2. The van der Waals surface area contributed by atoms with Gasteiger partial charge in [-0.15, -0.1) is 0 Å². The second-order valence-corrected chi connectivity index (χ2v) is 28.9. The molecule has 4 heteroatoms. The molecule has 0 radical (unpaired) electrons. The Morgan fingerprint density at radius 1 is 0.338 bits per heavy atom. The quantitative estimate of drug-likeness (QED) is 0.0283. The summed E-state index contributed by atoms with van der Waals surface area (Å²) in [4.78, 5) is 30.5. The summed E-state index contributed by atoms with van der Waals surface area (Å²) >= 11 is 0.347. The average Bonchev–Trinajstić information content (AvgIpc) is 4.22. The van der Waals surface area contributed by atoms with Gasteiger partial charge in [0.15, 0.2) is 0 Å². The molecule has 6 rings (SSSR count). The number of fused-ring (bicyclic) bond motifs is 5. The Hall–Kier alpha value is -2.48. The Bertz CT molecular complexity index is 2400. The number of benzene rings is 2. The molecule has 0 saturated heterocycles. The van der Waals surface area contributed by atoms with Crippen molar-refractivity contribution in [1.82, 2.24) is 0 Å². The Kier molecular flexibility index (Phi) is 28.2. The Morgan fingerprint density at radius 2 is 0.608 bits per heavy atom. The van der Waals surface area contributed by atoms with Gasteiger partial charge in [0.05, 0.1) is 0 Å². The molecule has 2 nitrogen and oxygen atoms in total. The second-order valence-electron chi connectivity index (χ2n) is 23.5. The predicted octanol–water partition coefficient (Wildman–Crippen LogP) is 21.2. The van der Waals surface area contributed by atoms with Gasteiger partial charge < -0.3 is 0 Å². The Morgan fingerprint density at radius 3 is 0.865 bits per heavy atom. The van der Waals surface area contributed by atoms with Crippen LogP contribution >= 0.6 is 0 Å². The van der Waals surface area contributed by atoms with Crippen LogP contribution in [0.3, 0.4) is 0 Å². The van der Waals surface area contributed by atoms with Crippen molar-refractivity contribution in [3.05, 3.63) is 89.0 Å². The Labute approximate surface area is 464 Å². The van der Waals surface area contributed by atoms with Gasteiger partial charge in [0.25, 0.3) is 0 Å². The van der Waals surface area contributed by atoms with Gasteiger partial charge >= 0.3 is 337 Å². The fourth-order valence-electron chi connectivity index (χ4n) is 12.7. The van der Waals surface area contributed by atoms with Crippen LogP contribution in [0.2, 0.25) is 0 Å². The van der Waals surface area contributed by atoms with Gasteiger partial charge in [-0.1, -0.05) is 130 Å². The van der Waals surface area contributed by atoms with Crippen LogP contribution in [0.1, 0.15) is 279 Å². The van der Waals surface area contributed by atoms with Gasteiger partial charge in [-0.3, -0.25) is 0 Å². The van der Waals surface area contributed by atoms with Crippen molar-refractivity contribution in [3.8, 4) is 20.0 Å². The van der Waals surface area contributed by atoms with E-state index in [1.54, 1.807) is 0 Å².